The van der Waals surface area contributed by atoms with E-state index in [4.69, 9.17) is 0 Å². The molecule has 25 heavy (non-hydrogen) atoms. The quantitative estimate of drug-likeness (QED) is 0.609. The van der Waals surface area contributed by atoms with Crippen LogP contribution in [0.15, 0.2) is 43.4 Å². The van der Waals surface area contributed by atoms with Gasteiger partial charge in [0.1, 0.15) is 0 Å². The van der Waals surface area contributed by atoms with Crippen molar-refractivity contribution in [1.29, 1.82) is 0 Å². The minimum atomic E-state index is -0.398. The van der Waals surface area contributed by atoms with Gasteiger partial charge >= 0.3 is 5.69 Å². The van der Waals surface area contributed by atoms with Crippen LogP contribution >= 0.6 is 15.9 Å². The van der Waals surface area contributed by atoms with Crippen LogP contribution in [0.2, 0.25) is 0 Å². The number of imidazole rings is 1. The molecule has 8 nitrogen and oxygen atoms in total. The number of fused-ring (bicyclic) bond motifs is 3. The SMILES string of the molecule is CN1N=C(c2ccc(Br)cc2)Cn2c1nc1c2c(=O)n(C)c(=O)n1C. The van der Waals surface area contributed by atoms with Gasteiger partial charge in [0.05, 0.1) is 12.3 Å². The van der Waals surface area contributed by atoms with E-state index in [1.54, 1.807) is 19.1 Å². The van der Waals surface area contributed by atoms with Crippen LogP contribution in [0.1, 0.15) is 5.56 Å². The highest BCUT2D eigenvalue weighted by molar-refractivity contribution is 9.10. The Labute approximate surface area is 150 Å². The monoisotopic (exact) mass is 402 g/mol. The van der Waals surface area contributed by atoms with Crippen molar-refractivity contribution in [3.05, 3.63) is 55.1 Å². The molecular formula is C16H15BrN6O2. The predicted octanol–water partition coefficient (Wildman–Crippen LogP) is 1.05. The molecule has 0 bridgehead atoms. The molecule has 1 aliphatic heterocycles. The third kappa shape index (κ3) is 2.26. The first-order valence-electron chi connectivity index (χ1n) is 7.62. The van der Waals surface area contributed by atoms with Gasteiger partial charge < -0.3 is 0 Å². The fourth-order valence-electron chi connectivity index (χ4n) is 3.03. The van der Waals surface area contributed by atoms with E-state index < -0.39 is 5.69 Å². The number of halogens is 1. The van der Waals surface area contributed by atoms with Gasteiger partial charge in [0.25, 0.3) is 5.56 Å². The standard InChI is InChI=1S/C16H15BrN6O2/c1-20-13-12(14(24)21(2)16(20)25)23-8-11(19-22(3)15(23)18-13)9-4-6-10(17)7-5-9/h4-7H,8H2,1-3H3. The van der Waals surface area contributed by atoms with Crippen LogP contribution in [0.5, 0.6) is 0 Å². The summed E-state index contributed by atoms with van der Waals surface area (Å²) in [6, 6.07) is 7.83. The van der Waals surface area contributed by atoms with Crippen molar-refractivity contribution >= 4 is 38.8 Å². The minimum Gasteiger partial charge on any atom is -0.297 e. The molecule has 3 heterocycles. The number of hydrogen-bond donors (Lipinski definition) is 0. The molecule has 128 valence electrons. The van der Waals surface area contributed by atoms with E-state index in [2.05, 4.69) is 26.0 Å². The van der Waals surface area contributed by atoms with Crippen LogP contribution in [0.25, 0.3) is 11.2 Å². The average Bonchev–Trinajstić information content (AvgIpc) is 2.99. The number of hydrazone groups is 1. The Morgan fingerprint density at radius 1 is 1.04 bits per heavy atom. The molecule has 0 saturated heterocycles. The molecule has 0 radical (unpaired) electrons. The zero-order valence-corrected chi connectivity index (χ0v) is 15.5. The molecule has 3 aromatic rings. The molecule has 2 aromatic heterocycles. The van der Waals surface area contributed by atoms with Gasteiger partial charge in [-0.1, -0.05) is 28.1 Å². The molecule has 0 fully saturated rings. The average molecular weight is 403 g/mol. The predicted molar refractivity (Wildman–Crippen MR) is 99.3 cm³/mol. The largest absolute Gasteiger partial charge is 0.332 e. The number of anilines is 1. The Kier molecular flexibility index (Phi) is 3.43. The summed E-state index contributed by atoms with van der Waals surface area (Å²) in [7, 11) is 4.86. The summed E-state index contributed by atoms with van der Waals surface area (Å²) < 4.78 is 5.28. The molecule has 0 atom stereocenters. The molecule has 0 saturated carbocycles. The molecule has 1 aromatic carbocycles. The number of rotatable bonds is 1. The molecule has 4 rings (SSSR count). The number of aryl methyl sites for hydroxylation is 1. The van der Waals surface area contributed by atoms with E-state index in [9.17, 15) is 9.59 Å². The Morgan fingerprint density at radius 2 is 1.72 bits per heavy atom. The van der Waals surface area contributed by atoms with Gasteiger partial charge in [-0.05, 0) is 17.7 Å². The summed E-state index contributed by atoms with van der Waals surface area (Å²) in [5.74, 6) is 0.536. The van der Waals surface area contributed by atoms with E-state index in [0.29, 0.717) is 23.7 Å². The zero-order valence-electron chi connectivity index (χ0n) is 13.9. The van der Waals surface area contributed by atoms with Crippen LogP contribution in [-0.4, -0.2) is 31.4 Å². The van der Waals surface area contributed by atoms with Crippen LogP contribution < -0.4 is 16.3 Å². The molecule has 0 unspecified atom stereocenters. The van der Waals surface area contributed by atoms with Crippen molar-refractivity contribution in [2.75, 3.05) is 12.1 Å². The summed E-state index contributed by atoms with van der Waals surface area (Å²) >= 11 is 3.42. The van der Waals surface area contributed by atoms with Crippen molar-refractivity contribution in [3.8, 4) is 0 Å². The molecule has 9 heteroatoms. The highest BCUT2D eigenvalue weighted by atomic mass is 79.9. The molecule has 0 aliphatic carbocycles. The maximum atomic E-state index is 12.7. The number of hydrogen-bond acceptors (Lipinski definition) is 5. The molecule has 0 amide bonds. The Bertz CT molecular complexity index is 1150. The maximum Gasteiger partial charge on any atom is 0.332 e. The van der Waals surface area contributed by atoms with Gasteiger partial charge in [0.15, 0.2) is 11.2 Å². The van der Waals surface area contributed by atoms with Crippen LogP contribution in [0, 0.1) is 0 Å². The van der Waals surface area contributed by atoms with E-state index in [0.717, 1.165) is 20.3 Å². The van der Waals surface area contributed by atoms with E-state index in [1.165, 1.54) is 11.6 Å². The maximum absolute atomic E-state index is 12.7. The molecule has 1 aliphatic rings. The van der Waals surface area contributed by atoms with Gasteiger partial charge in [0, 0.05) is 25.6 Å². The lowest BCUT2D eigenvalue weighted by atomic mass is 10.1. The lowest BCUT2D eigenvalue weighted by Gasteiger charge is -2.22. The second-order valence-corrected chi connectivity index (χ2v) is 6.87. The van der Waals surface area contributed by atoms with Gasteiger partial charge in [-0.15, -0.1) is 0 Å². The Balaban J connectivity index is 1.95. The summed E-state index contributed by atoms with van der Waals surface area (Å²) in [4.78, 5) is 29.3. The zero-order chi connectivity index (χ0) is 17.9. The first-order valence-corrected chi connectivity index (χ1v) is 8.41. The highest BCUT2D eigenvalue weighted by Crippen LogP contribution is 2.24. The summed E-state index contributed by atoms with van der Waals surface area (Å²) in [6.45, 7) is 0.408. The second-order valence-electron chi connectivity index (χ2n) is 5.95. The van der Waals surface area contributed by atoms with Gasteiger partial charge in [0.2, 0.25) is 5.95 Å². The molecular weight excluding hydrogens is 388 g/mol. The molecule has 0 spiro atoms. The highest BCUT2D eigenvalue weighted by Gasteiger charge is 2.25. The van der Waals surface area contributed by atoms with Crippen molar-refractivity contribution in [2.24, 2.45) is 19.2 Å². The van der Waals surface area contributed by atoms with Crippen LogP contribution in [0.3, 0.4) is 0 Å². The van der Waals surface area contributed by atoms with Gasteiger partial charge in [-0.25, -0.2) is 9.80 Å². The second kappa shape index (κ2) is 5.41. The van der Waals surface area contributed by atoms with Crippen LogP contribution in [0.4, 0.5) is 5.95 Å². The fourth-order valence-corrected chi connectivity index (χ4v) is 3.29. The minimum absolute atomic E-state index is 0.359. The van der Waals surface area contributed by atoms with Crippen LogP contribution in [-0.2, 0) is 20.6 Å². The normalized spacial score (nSPS) is 13.9. The number of aromatic nitrogens is 4. The van der Waals surface area contributed by atoms with E-state index in [1.807, 2.05) is 28.8 Å². The molecule has 0 N–H and O–H groups in total. The van der Waals surface area contributed by atoms with Gasteiger partial charge in [-0.2, -0.15) is 10.1 Å². The smallest absolute Gasteiger partial charge is 0.297 e. The Hall–Kier alpha value is -2.68. The summed E-state index contributed by atoms with van der Waals surface area (Å²) in [5.41, 5.74) is 1.78. The topological polar surface area (TPSA) is 77.4 Å². The van der Waals surface area contributed by atoms with Crippen molar-refractivity contribution in [1.82, 2.24) is 18.7 Å². The third-order valence-corrected chi connectivity index (χ3v) is 4.90. The van der Waals surface area contributed by atoms with Crippen molar-refractivity contribution in [2.45, 2.75) is 6.54 Å². The fraction of sp³-hybridized carbons (Fsp3) is 0.250. The summed E-state index contributed by atoms with van der Waals surface area (Å²) in [6.07, 6.45) is 0. The Morgan fingerprint density at radius 3 is 2.40 bits per heavy atom. The first-order chi connectivity index (χ1) is 11.9. The summed E-state index contributed by atoms with van der Waals surface area (Å²) in [5, 5.41) is 6.21. The number of nitrogens with zero attached hydrogens (tertiary/aromatic N) is 6. The lowest BCUT2D eigenvalue weighted by molar-refractivity contribution is 0.703. The first kappa shape index (κ1) is 15.8. The lowest BCUT2D eigenvalue weighted by Crippen LogP contribution is -2.38. The van der Waals surface area contributed by atoms with Crippen molar-refractivity contribution in [3.63, 3.8) is 0 Å². The third-order valence-electron chi connectivity index (χ3n) is 4.37. The van der Waals surface area contributed by atoms with E-state index >= 15 is 0 Å². The number of benzene rings is 1. The van der Waals surface area contributed by atoms with Gasteiger partial charge in [-0.3, -0.25) is 18.5 Å². The van der Waals surface area contributed by atoms with E-state index in [-0.39, 0.29) is 5.56 Å². The van der Waals surface area contributed by atoms with Crippen molar-refractivity contribution < 1.29 is 0 Å².